The first-order valence-corrected chi connectivity index (χ1v) is 5.82. The third kappa shape index (κ3) is 2.74. The summed E-state index contributed by atoms with van der Waals surface area (Å²) in [5, 5.41) is 5.85. The Balaban J connectivity index is 1.78. The number of carbonyl (C=O) groups excluding carboxylic acids is 1. The summed E-state index contributed by atoms with van der Waals surface area (Å²) in [7, 11) is 0. The fourth-order valence-electron chi connectivity index (χ4n) is 2.08. The molecule has 1 atom stereocenters. The zero-order chi connectivity index (χ0) is 11.4. The molecule has 0 saturated heterocycles. The molecule has 0 bridgehead atoms. The summed E-state index contributed by atoms with van der Waals surface area (Å²) in [5.74, 6) is 0.779. The maximum Gasteiger partial charge on any atom is 0.315 e. The minimum atomic E-state index is -0.101. The normalized spacial score (nSPS) is 18.3. The van der Waals surface area contributed by atoms with Crippen LogP contribution in [0.25, 0.3) is 0 Å². The van der Waals surface area contributed by atoms with Crippen molar-refractivity contribution in [1.82, 2.24) is 20.6 Å². The Morgan fingerprint density at radius 1 is 1.56 bits per heavy atom. The lowest BCUT2D eigenvalue weighted by molar-refractivity contribution is 0.233. The van der Waals surface area contributed by atoms with Crippen molar-refractivity contribution in [3.8, 4) is 0 Å². The van der Waals surface area contributed by atoms with E-state index in [9.17, 15) is 4.79 Å². The van der Waals surface area contributed by atoms with Gasteiger partial charge in [0.15, 0.2) is 0 Å². The molecule has 1 aromatic rings. The first-order chi connectivity index (χ1) is 7.75. The summed E-state index contributed by atoms with van der Waals surface area (Å²) in [6, 6.07) is 0.163. The summed E-state index contributed by atoms with van der Waals surface area (Å²) in [5.41, 5.74) is 0. The number of H-pyrrole nitrogens is 1. The number of nitrogens with one attached hydrogen (secondary N) is 3. The third-order valence-corrected chi connectivity index (χ3v) is 2.97. The van der Waals surface area contributed by atoms with E-state index in [1.165, 1.54) is 12.8 Å². The standard InChI is InChI=1S/C11H18N4O/c1-8(10-12-6-7-13-10)14-11(16)15-9-4-2-3-5-9/h6-9H,2-5H2,1H3,(H,12,13)(H2,14,15,16). The number of carbonyl (C=O) groups is 1. The third-order valence-electron chi connectivity index (χ3n) is 2.97. The number of imidazole rings is 1. The van der Waals surface area contributed by atoms with Gasteiger partial charge in [-0.3, -0.25) is 0 Å². The van der Waals surface area contributed by atoms with E-state index >= 15 is 0 Å². The molecule has 1 heterocycles. The number of nitrogens with zero attached hydrogens (tertiary/aromatic N) is 1. The summed E-state index contributed by atoms with van der Waals surface area (Å²) < 4.78 is 0. The fraction of sp³-hybridized carbons (Fsp3) is 0.636. The van der Waals surface area contributed by atoms with Crippen molar-refractivity contribution >= 4 is 6.03 Å². The van der Waals surface area contributed by atoms with Crippen LogP contribution in [0.1, 0.15) is 44.5 Å². The maximum atomic E-state index is 11.6. The Labute approximate surface area is 95.0 Å². The van der Waals surface area contributed by atoms with E-state index in [1.54, 1.807) is 12.4 Å². The van der Waals surface area contributed by atoms with Crippen molar-refractivity contribution in [1.29, 1.82) is 0 Å². The molecule has 0 spiro atoms. The van der Waals surface area contributed by atoms with Gasteiger partial charge in [-0.2, -0.15) is 0 Å². The van der Waals surface area contributed by atoms with Crippen LogP contribution in [-0.4, -0.2) is 22.0 Å². The first kappa shape index (κ1) is 11.0. The van der Waals surface area contributed by atoms with Crippen LogP contribution < -0.4 is 10.6 Å². The topological polar surface area (TPSA) is 69.8 Å². The average Bonchev–Trinajstić information content (AvgIpc) is 2.88. The number of hydrogen-bond donors (Lipinski definition) is 3. The van der Waals surface area contributed by atoms with Crippen LogP contribution in [0.4, 0.5) is 4.79 Å². The van der Waals surface area contributed by atoms with E-state index in [2.05, 4.69) is 20.6 Å². The van der Waals surface area contributed by atoms with Crippen LogP contribution in [0.2, 0.25) is 0 Å². The second kappa shape index (κ2) is 5.01. The number of hydrogen-bond acceptors (Lipinski definition) is 2. The summed E-state index contributed by atoms with van der Waals surface area (Å²) in [6.45, 7) is 1.91. The SMILES string of the molecule is CC(NC(=O)NC1CCCC1)c1ncc[nH]1. The smallest absolute Gasteiger partial charge is 0.315 e. The minimum absolute atomic E-state index is 0.0867. The van der Waals surface area contributed by atoms with E-state index in [-0.39, 0.29) is 12.1 Å². The Kier molecular flexibility index (Phi) is 3.44. The van der Waals surface area contributed by atoms with Gasteiger partial charge in [0.1, 0.15) is 5.82 Å². The lowest BCUT2D eigenvalue weighted by Crippen LogP contribution is -2.42. The molecule has 1 unspecified atom stereocenters. The molecule has 1 aliphatic rings. The monoisotopic (exact) mass is 222 g/mol. The molecule has 0 aromatic carbocycles. The Morgan fingerprint density at radius 2 is 2.31 bits per heavy atom. The van der Waals surface area contributed by atoms with Crippen LogP contribution >= 0.6 is 0 Å². The largest absolute Gasteiger partial charge is 0.347 e. The number of amides is 2. The van der Waals surface area contributed by atoms with E-state index in [4.69, 9.17) is 0 Å². The molecular weight excluding hydrogens is 204 g/mol. The molecule has 2 rings (SSSR count). The Bertz CT molecular complexity index is 330. The van der Waals surface area contributed by atoms with Crippen molar-refractivity contribution in [3.05, 3.63) is 18.2 Å². The number of aromatic amines is 1. The van der Waals surface area contributed by atoms with Gasteiger partial charge in [-0.05, 0) is 19.8 Å². The highest BCUT2D eigenvalue weighted by Gasteiger charge is 2.18. The van der Waals surface area contributed by atoms with Gasteiger partial charge in [-0.1, -0.05) is 12.8 Å². The first-order valence-electron chi connectivity index (χ1n) is 5.82. The summed E-state index contributed by atoms with van der Waals surface area (Å²) >= 11 is 0. The molecule has 1 aromatic heterocycles. The maximum absolute atomic E-state index is 11.6. The van der Waals surface area contributed by atoms with E-state index in [0.717, 1.165) is 18.7 Å². The fourth-order valence-corrected chi connectivity index (χ4v) is 2.08. The van der Waals surface area contributed by atoms with Crippen molar-refractivity contribution in [2.75, 3.05) is 0 Å². The number of urea groups is 1. The summed E-state index contributed by atoms with van der Waals surface area (Å²) in [6.07, 6.45) is 8.08. The highest BCUT2D eigenvalue weighted by molar-refractivity contribution is 5.74. The van der Waals surface area contributed by atoms with Gasteiger partial charge in [0.05, 0.1) is 6.04 Å². The summed E-state index contributed by atoms with van der Waals surface area (Å²) in [4.78, 5) is 18.7. The minimum Gasteiger partial charge on any atom is -0.347 e. The van der Waals surface area contributed by atoms with Gasteiger partial charge in [0.25, 0.3) is 0 Å². The van der Waals surface area contributed by atoms with E-state index < -0.39 is 0 Å². The van der Waals surface area contributed by atoms with Gasteiger partial charge < -0.3 is 15.6 Å². The molecule has 88 valence electrons. The van der Waals surface area contributed by atoms with Crippen molar-refractivity contribution in [2.24, 2.45) is 0 Å². The molecule has 1 saturated carbocycles. The van der Waals surface area contributed by atoms with Crippen molar-refractivity contribution < 1.29 is 4.79 Å². The van der Waals surface area contributed by atoms with E-state index in [0.29, 0.717) is 6.04 Å². The molecule has 0 aliphatic heterocycles. The highest BCUT2D eigenvalue weighted by Crippen LogP contribution is 2.17. The molecular formula is C11H18N4O. The van der Waals surface area contributed by atoms with Crippen molar-refractivity contribution in [3.63, 3.8) is 0 Å². The molecule has 3 N–H and O–H groups in total. The van der Waals surface area contributed by atoms with Gasteiger partial charge >= 0.3 is 6.03 Å². The molecule has 16 heavy (non-hydrogen) atoms. The van der Waals surface area contributed by atoms with Crippen LogP contribution in [0.3, 0.4) is 0 Å². The second-order valence-corrected chi connectivity index (χ2v) is 4.30. The zero-order valence-electron chi connectivity index (χ0n) is 9.49. The van der Waals surface area contributed by atoms with Crippen LogP contribution in [0, 0.1) is 0 Å². The number of rotatable bonds is 3. The van der Waals surface area contributed by atoms with Crippen LogP contribution in [0.15, 0.2) is 12.4 Å². The highest BCUT2D eigenvalue weighted by atomic mass is 16.2. The molecule has 1 fully saturated rings. The Hall–Kier alpha value is -1.52. The van der Waals surface area contributed by atoms with Gasteiger partial charge in [-0.15, -0.1) is 0 Å². The van der Waals surface area contributed by atoms with E-state index in [1.807, 2.05) is 6.92 Å². The molecule has 0 radical (unpaired) electrons. The predicted molar refractivity (Wildman–Crippen MR) is 60.9 cm³/mol. The lowest BCUT2D eigenvalue weighted by atomic mass is 10.2. The quantitative estimate of drug-likeness (QED) is 0.728. The molecule has 5 nitrogen and oxygen atoms in total. The molecule has 2 amide bonds. The van der Waals surface area contributed by atoms with Crippen molar-refractivity contribution in [2.45, 2.75) is 44.7 Å². The van der Waals surface area contributed by atoms with Gasteiger partial charge in [0.2, 0.25) is 0 Å². The predicted octanol–water partition coefficient (Wildman–Crippen LogP) is 1.71. The molecule has 5 heteroatoms. The average molecular weight is 222 g/mol. The second-order valence-electron chi connectivity index (χ2n) is 4.30. The van der Waals surface area contributed by atoms with Gasteiger partial charge in [0, 0.05) is 18.4 Å². The van der Waals surface area contributed by atoms with Crippen LogP contribution in [0.5, 0.6) is 0 Å². The lowest BCUT2D eigenvalue weighted by Gasteiger charge is -2.16. The van der Waals surface area contributed by atoms with Crippen LogP contribution in [-0.2, 0) is 0 Å². The van der Waals surface area contributed by atoms with Gasteiger partial charge in [-0.25, -0.2) is 9.78 Å². The molecule has 1 aliphatic carbocycles. The Morgan fingerprint density at radius 3 is 2.94 bits per heavy atom. The zero-order valence-corrected chi connectivity index (χ0v) is 9.49. The number of aromatic nitrogens is 2.